The van der Waals surface area contributed by atoms with Gasteiger partial charge in [-0.3, -0.25) is 9.00 Å². The van der Waals surface area contributed by atoms with Crippen molar-refractivity contribution in [2.75, 3.05) is 12.8 Å². The standard InChI is InChI=1S/C10H17NO2S/c1-8(14(2)13)5-6-11-9-3-4-10(12)7-9/h7-8,11H,3-6H2,1-2H3. The molecule has 2 unspecified atom stereocenters. The molecule has 1 N–H and O–H groups in total. The van der Waals surface area contributed by atoms with E-state index in [0.29, 0.717) is 6.42 Å². The first-order valence-electron chi connectivity index (χ1n) is 4.89. The minimum Gasteiger partial charge on any atom is -0.388 e. The molecular formula is C10H17NO2S. The molecule has 0 spiro atoms. The molecule has 4 heteroatoms. The zero-order valence-corrected chi connectivity index (χ0v) is 9.52. The summed E-state index contributed by atoms with van der Waals surface area (Å²) in [7, 11) is -0.747. The van der Waals surface area contributed by atoms with Crippen molar-refractivity contribution in [1.29, 1.82) is 0 Å². The van der Waals surface area contributed by atoms with Crippen molar-refractivity contribution >= 4 is 16.6 Å². The summed E-state index contributed by atoms with van der Waals surface area (Å²) < 4.78 is 11.0. The Morgan fingerprint density at radius 2 is 2.29 bits per heavy atom. The molecule has 1 aliphatic carbocycles. The second kappa shape index (κ2) is 5.29. The molecule has 0 saturated heterocycles. The fraction of sp³-hybridized carbons (Fsp3) is 0.700. The van der Waals surface area contributed by atoms with E-state index in [2.05, 4.69) is 5.32 Å². The number of carbonyl (C=O) groups is 1. The number of rotatable bonds is 5. The van der Waals surface area contributed by atoms with Crippen molar-refractivity contribution in [2.45, 2.75) is 31.4 Å². The molecule has 0 bridgehead atoms. The highest BCUT2D eigenvalue weighted by Crippen LogP contribution is 2.11. The van der Waals surface area contributed by atoms with Gasteiger partial charge in [0.25, 0.3) is 0 Å². The number of nitrogens with one attached hydrogen (secondary N) is 1. The molecule has 0 aromatic carbocycles. The van der Waals surface area contributed by atoms with Crippen LogP contribution in [0.25, 0.3) is 0 Å². The van der Waals surface area contributed by atoms with Crippen LogP contribution in [0.2, 0.25) is 0 Å². The van der Waals surface area contributed by atoms with Crippen LogP contribution >= 0.6 is 0 Å². The minimum absolute atomic E-state index is 0.208. The third-order valence-corrected chi connectivity index (χ3v) is 3.81. The van der Waals surface area contributed by atoms with Crippen LogP contribution in [0.1, 0.15) is 26.2 Å². The van der Waals surface area contributed by atoms with E-state index >= 15 is 0 Å². The number of allylic oxidation sites excluding steroid dienone is 2. The van der Waals surface area contributed by atoms with Crippen LogP contribution in [-0.4, -0.2) is 28.0 Å². The zero-order chi connectivity index (χ0) is 10.6. The highest BCUT2D eigenvalue weighted by atomic mass is 32.2. The summed E-state index contributed by atoms with van der Waals surface area (Å²) in [5, 5.41) is 3.43. The average molecular weight is 215 g/mol. The van der Waals surface area contributed by atoms with Gasteiger partial charge in [0.2, 0.25) is 0 Å². The van der Waals surface area contributed by atoms with Gasteiger partial charge in [-0.1, -0.05) is 6.92 Å². The van der Waals surface area contributed by atoms with Crippen LogP contribution in [0.5, 0.6) is 0 Å². The van der Waals surface area contributed by atoms with Crippen LogP contribution in [-0.2, 0) is 15.6 Å². The summed E-state index contributed by atoms with van der Waals surface area (Å²) in [6.07, 6.45) is 5.76. The van der Waals surface area contributed by atoms with E-state index in [4.69, 9.17) is 0 Å². The second-order valence-electron chi connectivity index (χ2n) is 3.66. The van der Waals surface area contributed by atoms with Gasteiger partial charge in [-0.2, -0.15) is 0 Å². The van der Waals surface area contributed by atoms with Crippen LogP contribution in [0.4, 0.5) is 0 Å². The number of hydrogen-bond acceptors (Lipinski definition) is 3. The normalized spacial score (nSPS) is 20.4. The van der Waals surface area contributed by atoms with Gasteiger partial charge in [-0.25, -0.2) is 0 Å². The van der Waals surface area contributed by atoms with Crippen LogP contribution in [0.15, 0.2) is 11.8 Å². The first-order valence-corrected chi connectivity index (χ1v) is 6.51. The van der Waals surface area contributed by atoms with E-state index in [0.717, 1.165) is 25.1 Å². The average Bonchev–Trinajstić information content (AvgIpc) is 2.51. The first-order chi connectivity index (χ1) is 6.59. The zero-order valence-electron chi connectivity index (χ0n) is 8.71. The molecule has 14 heavy (non-hydrogen) atoms. The van der Waals surface area contributed by atoms with Crippen molar-refractivity contribution in [3.63, 3.8) is 0 Å². The topological polar surface area (TPSA) is 46.2 Å². The number of carbonyl (C=O) groups excluding carboxylic acids is 1. The highest BCUT2D eigenvalue weighted by Gasteiger charge is 2.11. The lowest BCUT2D eigenvalue weighted by molar-refractivity contribution is -0.114. The number of hydrogen-bond donors (Lipinski definition) is 1. The van der Waals surface area contributed by atoms with Crippen molar-refractivity contribution in [2.24, 2.45) is 0 Å². The van der Waals surface area contributed by atoms with Gasteiger partial charge in [0.1, 0.15) is 0 Å². The van der Waals surface area contributed by atoms with E-state index in [1.165, 1.54) is 0 Å². The Kier molecular flexibility index (Phi) is 4.32. The smallest absolute Gasteiger partial charge is 0.157 e. The molecule has 0 aromatic rings. The quantitative estimate of drug-likeness (QED) is 0.743. The Morgan fingerprint density at radius 3 is 2.79 bits per heavy atom. The van der Waals surface area contributed by atoms with E-state index in [-0.39, 0.29) is 11.0 Å². The lowest BCUT2D eigenvalue weighted by Gasteiger charge is -2.10. The van der Waals surface area contributed by atoms with Crippen LogP contribution < -0.4 is 5.32 Å². The van der Waals surface area contributed by atoms with Crippen molar-refractivity contribution in [1.82, 2.24) is 5.32 Å². The Morgan fingerprint density at radius 1 is 1.57 bits per heavy atom. The van der Waals surface area contributed by atoms with Crippen molar-refractivity contribution in [3.05, 3.63) is 11.8 Å². The fourth-order valence-electron chi connectivity index (χ4n) is 1.34. The summed E-state index contributed by atoms with van der Waals surface area (Å²) in [4.78, 5) is 10.9. The van der Waals surface area contributed by atoms with Gasteiger partial charge in [-0.15, -0.1) is 0 Å². The molecule has 0 aromatic heterocycles. The maximum Gasteiger partial charge on any atom is 0.157 e. The van der Waals surface area contributed by atoms with Gasteiger partial charge in [-0.05, 0) is 12.8 Å². The highest BCUT2D eigenvalue weighted by molar-refractivity contribution is 7.84. The molecule has 3 nitrogen and oxygen atoms in total. The first kappa shape index (κ1) is 11.4. The molecule has 1 aliphatic rings. The monoisotopic (exact) mass is 215 g/mol. The van der Waals surface area contributed by atoms with E-state index in [9.17, 15) is 9.00 Å². The molecule has 0 radical (unpaired) electrons. The van der Waals surface area contributed by atoms with Gasteiger partial charge in [0.05, 0.1) is 0 Å². The third kappa shape index (κ3) is 3.62. The molecule has 0 fully saturated rings. The summed E-state index contributed by atoms with van der Waals surface area (Å²) in [5.41, 5.74) is 1.03. The molecule has 1 rings (SSSR count). The number of ketones is 1. The molecular weight excluding hydrogens is 198 g/mol. The molecule has 2 atom stereocenters. The maximum atomic E-state index is 11.0. The molecule has 80 valence electrons. The predicted octanol–water partition coefficient (Wildman–Crippen LogP) is 0.980. The van der Waals surface area contributed by atoms with E-state index in [1.54, 1.807) is 12.3 Å². The summed E-state index contributed by atoms with van der Waals surface area (Å²) in [5.74, 6) is 0.208. The molecule has 0 aliphatic heterocycles. The summed E-state index contributed by atoms with van der Waals surface area (Å²) in [6.45, 7) is 2.78. The molecule has 0 saturated carbocycles. The lowest BCUT2D eigenvalue weighted by atomic mass is 10.3. The van der Waals surface area contributed by atoms with Crippen LogP contribution in [0, 0.1) is 0 Å². The minimum atomic E-state index is -0.747. The van der Waals surface area contributed by atoms with Crippen molar-refractivity contribution in [3.8, 4) is 0 Å². The van der Waals surface area contributed by atoms with Crippen molar-refractivity contribution < 1.29 is 9.00 Å². The third-order valence-electron chi connectivity index (χ3n) is 2.45. The van der Waals surface area contributed by atoms with Gasteiger partial charge >= 0.3 is 0 Å². The molecule has 0 heterocycles. The van der Waals surface area contributed by atoms with Gasteiger partial charge < -0.3 is 5.32 Å². The van der Waals surface area contributed by atoms with E-state index < -0.39 is 10.8 Å². The Labute approximate surface area is 87.4 Å². The summed E-state index contributed by atoms with van der Waals surface area (Å²) in [6, 6.07) is 0. The van der Waals surface area contributed by atoms with E-state index in [1.807, 2.05) is 6.92 Å². The van der Waals surface area contributed by atoms with Gasteiger partial charge in [0.15, 0.2) is 5.78 Å². The maximum absolute atomic E-state index is 11.0. The largest absolute Gasteiger partial charge is 0.388 e. The second-order valence-corrected chi connectivity index (χ2v) is 5.46. The Hall–Kier alpha value is -0.640. The van der Waals surface area contributed by atoms with Gasteiger partial charge in [0, 0.05) is 47.0 Å². The predicted molar refractivity (Wildman–Crippen MR) is 58.5 cm³/mol. The summed E-state index contributed by atoms with van der Waals surface area (Å²) >= 11 is 0. The van der Waals surface area contributed by atoms with Crippen LogP contribution in [0.3, 0.4) is 0 Å². The Balaban J connectivity index is 2.19. The fourth-order valence-corrected chi connectivity index (χ4v) is 1.79. The lowest BCUT2D eigenvalue weighted by Crippen LogP contribution is -2.20. The molecule has 0 amide bonds. The Bertz CT molecular complexity index is 273. The SMILES string of the molecule is CC(CCNC1=CC(=O)CC1)S(C)=O.